The predicted octanol–water partition coefficient (Wildman–Crippen LogP) is 5.92. The summed E-state index contributed by atoms with van der Waals surface area (Å²) in [7, 11) is 0. The van der Waals surface area contributed by atoms with Gasteiger partial charge in [0.25, 0.3) is 0 Å². The van der Waals surface area contributed by atoms with Gasteiger partial charge in [0, 0.05) is 22.0 Å². The smallest absolute Gasteiger partial charge is 0.196 e. The third-order valence-electron chi connectivity index (χ3n) is 4.21. The molecule has 1 aromatic heterocycles. The highest BCUT2D eigenvalue weighted by Gasteiger charge is 2.16. The summed E-state index contributed by atoms with van der Waals surface area (Å²) in [6.07, 6.45) is 0.990. The van der Waals surface area contributed by atoms with Gasteiger partial charge in [-0.05, 0) is 48.4 Å². The van der Waals surface area contributed by atoms with Crippen molar-refractivity contribution in [1.29, 1.82) is 0 Å². The van der Waals surface area contributed by atoms with Crippen molar-refractivity contribution in [2.45, 2.75) is 11.6 Å². The number of para-hydroxylation sites is 1. The fourth-order valence-electron chi connectivity index (χ4n) is 2.86. The number of hydrogen-bond donors (Lipinski definition) is 0. The van der Waals surface area contributed by atoms with Crippen LogP contribution in [0.1, 0.15) is 5.56 Å². The van der Waals surface area contributed by atoms with Crippen LogP contribution in [0.2, 0.25) is 5.02 Å². The van der Waals surface area contributed by atoms with E-state index in [4.69, 9.17) is 11.6 Å². The first-order valence-corrected chi connectivity index (χ1v) is 10.1. The molecule has 0 aliphatic heterocycles. The zero-order valence-corrected chi connectivity index (χ0v) is 16.2. The molecule has 27 heavy (non-hydrogen) atoms. The van der Waals surface area contributed by atoms with Crippen molar-refractivity contribution in [3.8, 4) is 17.1 Å². The molecule has 0 spiro atoms. The standard InChI is InChI=1S/C22H18ClN3S/c23-19-13-11-18(12-14-19)21-24-25-22(26(21)20-9-5-2-6-10-20)27-16-15-17-7-3-1-4-8-17/h1-14H,15-16H2. The van der Waals surface area contributed by atoms with Crippen molar-refractivity contribution < 1.29 is 0 Å². The molecule has 0 aliphatic rings. The van der Waals surface area contributed by atoms with Crippen LogP contribution in [0.25, 0.3) is 17.1 Å². The summed E-state index contributed by atoms with van der Waals surface area (Å²) in [4.78, 5) is 0. The molecule has 5 heteroatoms. The average Bonchev–Trinajstić information content (AvgIpc) is 3.14. The average molecular weight is 392 g/mol. The number of aryl methyl sites for hydroxylation is 1. The topological polar surface area (TPSA) is 30.7 Å². The van der Waals surface area contributed by atoms with Gasteiger partial charge in [-0.1, -0.05) is 71.9 Å². The molecule has 0 N–H and O–H groups in total. The van der Waals surface area contributed by atoms with Crippen molar-refractivity contribution >= 4 is 23.4 Å². The molecule has 0 saturated carbocycles. The minimum atomic E-state index is 0.710. The van der Waals surface area contributed by atoms with Crippen molar-refractivity contribution in [3.63, 3.8) is 0 Å². The Morgan fingerprint density at radius 2 is 1.44 bits per heavy atom. The Morgan fingerprint density at radius 1 is 0.778 bits per heavy atom. The lowest BCUT2D eigenvalue weighted by molar-refractivity contribution is 0.885. The lowest BCUT2D eigenvalue weighted by Crippen LogP contribution is -2.00. The Hall–Kier alpha value is -2.56. The molecule has 0 atom stereocenters. The molecular weight excluding hydrogens is 374 g/mol. The molecular formula is C22H18ClN3S. The minimum Gasteiger partial charge on any atom is -0.270 e. The first-order valence-electron chi connectivity index (χ1n) is 8.75. The zero-order chi connectivity index (χ0) is 18.5. The Balaban J connectivity index is 1.64. The van der Waals surface area contributed by atoms with Crippen molar-refractivity contribution in [2.75, 3.05) is 5.75 Å². The molecule has 1 heterocycles. The molecule has 4 aromatic rings. The third kappa shape index (κ3) is 4.24. The lowest BCUT2D eigenvalue weighted by Gasteiger charge is -2.10. The van der Waals surface area contributed by atoms with Gasteiger partial charge in [0.2, 0.25) is 0 Å². The van der Waals surface area contributed by atoms with E-state index in [9.17, 15) is 0 Å². The summed E-state index contributed by atoms with van der Waals surface area (Å²) < 4.78 is 2.11. The Labute approximate surface area is 168 Å². The van der Waals surface area contributed by atoms with Crippen LogP contribution in [0.5, 0.6) is 0 Å². The van der Waals surface area contributed by atoms with Crippen LogP contribution in [0, 0.1) is 0 Å². The van der Waals surface area contributed by atoms with Gasteiger partial charge in [-0.25, -0.2) is 0 Å². The first-order chi connectivity index (χ1) is 13.3. The molecule has 134 valence electrons. The molecule has 3 aromatic carbocycles. The maximum absolute atomic E-state index is 6.04. The van der Waals surface area contributed by atoms with Crippen LogP contribution in [0.15, 0.2) is 90.1 Å². The van der Waals surface area contributed by atoms with E-state index in [1.807, 2.05) is 48.5 Å². The monoisotopic (exact) mass is 391 g/mol. The van der Waals surface area contributed by atoms with Crippen molar-refractivity contribution in [1.82, 2.24) is 14.8 Å². The van der Waals surface area contributed by atoms with E-state index in [0.717, 1.165) is 34.4 Å². The maximum Gasteiger partial charge on any atom is 0.196 e. The number of nitrogens with zero attached hydrogens (tertiary/aromatic N) is 3. The first kappa shape index (κ1) is 17.8. The van der Waals surface area contributed by atoms with Crippen LogP contribution in [-0.2, 0) is 6.42 Å². The van der Waals surface area contributed by atoms with E-state index in [1.54, 1.807) is 11.8 Å². The molecule has 0 fully saturated rings. The van der Waals surface area contributed by atoms with E-state index in [0.29, 0.717) is 5.02 Å². The van der Waals surface area contributed by atoms with Crippen LogP contribution in [0.3, 0.4) is 0 Å². The predicted molar refractivity (Wildman–Crippen MR) is 113 cm³/mol. The fraction of sp³-hybridized carbons (Fsp3) is 0.0909. The second kappa shape index (κ2) is 8.42. The summed E-state index contributed by atoms with van der Waals surface area (Å²) in [5.74, 6) is 1.76. The van der Waals surface area contributed by atoms with Crippen molar-refractivity contribution in [2.24, 2.45) is 0 Å². The van der Waals surface area contributed by atoms with Crippen LogP contribution in [-0.4, -0.2) is 20.5 Å². The third-order valence-corrected chi connectivity index (χ3v) is 5.40. The lowest BCUT2D eigenvalue weighted by atomic mass is 10.2. The number of hydrogen-bond acceptors (Lipinski definition) is 3. The zero-order valence-electron chi connectivity index (χ0n) is 14.6. The highest BCUT2D eigenvalue weighted by atomic mass is 35.5. The minimum absolute atomic E-state index is 0.710. The van der Waals surface area contributed by atoms with Gasteiger partial charge in [0.1, 0.15) is 0 Å². The van der Waals surface area contributed by atoms with E-state index < -0.39 is 0 Å². The number of rotatable bonds is 6. The second-order valence-electron chi connectivity index (χ2n) is 6.07. The summed E-state index contributed by atoms with van der Waals surface area (Å²) in [6.45, 7) is 0. The Kier molecular flexibility index (Phi) is 5.56. The summed E-state index contributed by atoms with van der Waals surface area (Å²) in [5, 5.41) is 10.5. The second-order valence-corrected chi connectivity index (χ2v) is 7.57. The Bertz CT molecular complexity index is 999. The number of aromatic nitrogens is 3. The molecule has 3 nitrogen and oxygen atoms in total. The Morgan fingerprint density at radius 3 is 2.15 bits per heavy atom. The van der Waals surface area contributed by atoms with Gasteiger partial charge in [-0.3, -0.25) is 4.57 Å². The van der Waals surface area contributed by atoms with Gasteiger partial charge < -0.3 is 0 Å². The maximum atomic E-state index is 6.04. The number of benzene rings is 3. The summed E-state index contributed by atoms with van der Waals surface area (Å²) in [6, 6.07) is 28.4. The SMILES string of the molecule is Clc1ccc(-c2nnc(SCCc3ccccc3)n2-c2ccccc2)cc1. The van der Waals surface area contributed by atoms with Gasteiger partial charge in [0.15, 0.2) is 11.0 Å². The van der Waals surface area contributed by atoms with E-state index >= 15 is 0 Å². The van der Waals surface area contributed by atoms with Crippen LogP contribution in [0.4, 0.5) is 0 Å². The fourth-order valence-corrected chi connectivity index (χ4v) is 3.93. The summed E-state index contributed by atoms with van der Waals surface area (Å²) >= 11 is 7.76. The van der Waals surface area contributed by atoms with Crippen LogP contribution < -0.4 is 0 Å². The normalized spacial score (nSPS) is 10.9. The van der Waals surface area contributed by atoms with Gasteiger partial charge >= 0.3 is 0 Å². The molecule has 0 radical (unpaired) electrons. The van der Waals surface area contributed by atoms with Gasteiger partial charge in [-0.2, -0.15) is 0 Å². The molecule has 4 rings (SSSR count). The molecule has 0 bridgehead atoms. The number of halogens is 1. The van der Waals surface area contributed by atoms with Gasteiger partial charge in [0.05, 0.1) is 0 Å². The molecule has 0 aliphatic carbocycles. The van der Waals surface area contributed by atoms with Crippen LogP contribution >= 0.6 is 23.4 Å². The molecule has 0 amide bonds. The number of thioether (sulfide) groups is 1. The van der Waals surface area contributed by atoms with Gasteiger partial charge in [-0.15, -0.1) is 10.2 Å². The van der Waals surface area contributed by atoms with E-state index in [-0.39, 0.29) is 0 Å². The molecule has 0 saturated heterocycles. The van der Waals surface area contributed by atoms with Crippen molar-refractivity contribution in [3.05, 3.63) is 95.5 Å². The quantitative estimate of drug-likeness (QED) is 0.382. The van der Waals surface area contributed by atoms with E-state index in [2.05, 4.69) is 51.2 Å². The largest absolute Gasteiger partial charge is 0.270 e. The molecule has 0 unspecified atom stereocenters. The summed E-state index contributed by atoms with van der Waals surface area (Å²) in [5.41, 5.74) is 3.37. The van der Waals surface area contributed by atoms with E-state index in [1.165, 1.54) is 5.56 Å². The highest BCUT2D eigenvalue weighted by Crippen LogP contribution is 2.29. The highest BCUT2D eigenvalue weighted by molar-refractivity contribution is 7.99.